The lowest BCUT2D eigenvalue weighted by Gasteiger charge is -2.08. The van der Waals surface area contributed by atoms with Crippen LogP contribution in [0.3, 0.4) is 0 Å². The smallest absolute Gasteiger partial charge is 0.310 e. The monoisotopic (exact) mass is 324 g/mol. The number of fused-ring (bicyclic) bond motifs is 1. The van der Waals surface area contributed by atoms with Gasteiger partial charge in [-0.05, 0) is 44.2 Å². The number of aromatic nitrogens is 2. The van der Waals surface area contributed by atoms with Gasteiger partial charge >= 0.3 is 5.97 Å². The van der Waals surface area contributed by atoms with Gasteiger partial charge in [0.2, 0.25) is 0 Å². The Morgan fingerprint density at radius 3 is 2.46 bits per heavy atom. The standard InChI is InChI=1S/C20H24N2O2/c1-12(2)10-14-18(20(14,4)5)19(23)24-11-17-13(3)21-15-8-6-7-9-16(15)22-17/h6-10,14,18H,11H2,1-5H3/t14-,18+/m1/s1. The van der Waals surface area contributed by atoms with Gasteiger partial charge in [0, 0.05) is 0 Å². The van der Waals surface area contributed by atoms with Crippen LogP contribution in [-0.4, -0.2) is 15.9 Å². The Balaban J connectivity index is 1.71. The van der Waals surface area contributed by atoms with E-state index < -0.39 is 0 Å². The Labute approximate surface area is 143 Å². The van der Waals surface area contributed by atoms with Gasteiger partial charge in [-0.25, -0.2) is 9.97 Å². The first-order valence-electron chi connectivity index (χ1n) is 8.34. The van der Waals surface area contributed by atoms with Crippen LogP contribution in [0.2, 0.25) is 0 Å². The molecule has 0 N–H and O–H groups in total. The van der Waals surface area contributed by atoms with Crippen LogP contribution in [0.4, 0.5) is 0 Å². The highest BCUT2D eigenvalue weighted by Crippen LogP contribution is 2.59. The normalized spacial score (nSPS) is 21.4. The molecule has 4 nitrogen and oxygen atoms in total. The predicted octanol–water partition coefficient (Wildman–Crippen LogP) is 4.22. The number of ether oxygens (including phenoxy) is 1. The Morgan fingerprint density at radius 2 is 1.83 bits per heavy atom. The molecule has 3 rings (SSSR count). The third-order valence-corrected chi connectivity index (χ3v) is 4.87. The van der Waals surface area contributed by atoms with E-state index in [1.807, 2.05) is 31.2 Å². The van der Waals surface area contributed by atoms with Crippen molar-refractivity contribution in [2.24, 2.45) is 17.3 Å². The average Bonchev–Trinajstić information content (AvgIpc) is 3.04. The van der Waals surface area contributed by atoms with Crippen molar-refractivity contribution in [3.05, 3.63) is 47.3 Å². The van der Waals surface area contributed by atoms with Crippen LogP contribution in [-0.2, 0) is 16.1 Å². The minimum absolute atomic E-state index is 0.0293. The van der Waals surface area contributed by atoms with Crippen molar-refractivity contribution in [1.29, 1.82) is 0 Å². The van der Waals surface area contributed by atoms with Crippen molar-refractivity contribution >= 4 is 17.0 Å². The van der Waals surface area contributed by atoms with E-state index >= 15 is 0 Å². The maximum Gasteiger partial charge on any atom is 0.310 e. The summed E-state index contributed by atoms with van der Waals surface area (Å²) in [5.74, 6) is 0.0526. The number of carbonyl (C=O) groups excluding carboxylic acids is 1. The summed E-state index contributed by atoms with van der Waals surface area (Å²) in [7, 11) is 0. The number of rotatable bonds is 4. The van der Waals surface area contributed by atoms with E-state index in [0.717, 1.165) is 22.4 Å². The van der Waals surface area contributed by atoms with Crippen LogP contribution >= 0.6 is 0 Å². The van der Waals surface area contributed by atoms with Crippen molar-refractivity contribution in [1.82, 2.24) is 9.97 Å². The number of carbonyl (C=O) groups is 1. The van der Waals surface area contributed by atoms with E-state index in [9.17, 15) is 4.79 Å². The highest BCUT2D eigenvalue weighted by atomic mass is 16.5. The zero-order valence-electron chi connectivity index (χ0n) is 15.0. The van der Waals surface area contributed by atoms with E-state index in [2.05, 4.69) is 43.7 Å². The first-order valence-corrected chi connectivity index (χ1v) is 8.34. The van der Waals surface area contributed by atoms with E-state index in [-0.39, 0.29) is 29.8 Å². The molecule has 0 radical (unpaired) electrons. The largest absolute Gasteiger partial charge is 0.459 e. The Kier molecular flexibility index (Phi) is 4.16. The number of esters is 1. The molecule has 0 bridgehead atoms. The predicted molar refractivity (Wildman–Crippen MR) is 94.3 cm³/mol. The number of nitrogens with zero attached hydrogens (tertiary/aromatic N) is 2. The molecule has 4 heteroatoms. The lowest BCUT2D eigenvalue weighted by atomic mass is 10.1. The van der Waals surface area contributed by atoms with Crippen LogP contribution in [0.15, 0.2) is 35.9 Å². The van der Waals surface area contributed by atoms with Crippen LogP contribution in [0.1, 0.15) is 39.1 Å². The number of allylic oxidation sites excluding steroid dienone is 2. The minimum atomic E-state index is -0.142. The van der Waals surface area contributed by atoms with Gasteiger partial charge in [0.25, 0.3) is 0 Å². The summed E-state index contributed by atoms with van der Waals surface area (Å²) in [6.45, 7) is 10.4. The van der Waals surface area contributed by atoms with Gasteiger partial charge in [-0.2, -0.15) is 0 Å². The molecule has 24 heavy (non-hydrogen) atoms. The zero-order chi connectivity index (χ0) is 17.5. The second kappa shape index (κ2) is 6.00. The first kappa shape index (κ1) is 16.6. The van der Waals surface area contributed by atoms with Crippen molar-refractivity contribution in [2.75, 3.05) is 0 Å². The van der Waals surface area contributed by atoms with E-state index in [1.165, 1.54) is 5.57 Å². The number of hydrogen-bond donors (Lipinski definition) is 0. The SMILES string of the molecule is CC(C)=C[C@@H]1[C@@H](C(=O)OCc2nc3ccccc3nc2C)C1(C)C. The van der Waals surface area contributed by atoms with Crippen LogP contribution in [0.25, 0.3) is 11.0 Å². The summed E-state index contributed by atoms with van der Waals surface area (Å²) < 4.78 is 5.56. The molecular formula is C20H24N2O2. The average molecular weight is 324 g/mol. The molecule has 126 valence electrons. The lowest BCUT2D eigenvalue weighted by Crippen LogP contribution is -2.12. The number of benzene rings is 1. The fraction of sp³-hybridized carbons (Fsp3) is 0.450. The number of para-hydroxylation sites is 2. The molecule has 1 aliphatic rings. The molecule has 1 heterocycles. The summed E-state index contributed by atoms with van der Waals surface area (Å²) in [5, 5.41) is 0. The summed E-state index contributed by atoms with van der Waals surface area (Å²) in [6, 6.07) is 7.72. The second-order valence-corrected chi connectivity index (χ2v) is 7.42. The Bertz CT molecular complexity index is 819. The molecule has 0 amide bonds. The van der Waals surface area contributed by atoms with Crippen LogP contribution in [0, 0.1) is 24.2 Å². The fourth-order valence-electron chi connectivity index (χ4n) is 3.29. The topological polar surface area (TPSA) is 52.1 Å². The minimum Gasteiger partial charge on any atom is -0.459 e. The molecule has 1 aromatic heterocycles. The van der Waals surface area contributed by atoms with Crippen molar-refractivity contribution in [3.8, 4) is 0 Å². The van der Waals surface area contributed by atoms with Gasteiger partial charge in [0.15, 0.2) is 0 Å². The Morgan fingerprint density at radius 1 is 1.21 bits per heavy atom. The highest BCUT2D eigenvalue weighted by molar-refractivity contribution is 5.78. The molecule has 2 atom stereocenters. The van der Waals surface area contributed by atoms with Gasteiger partial charge in [-0.15, -0.1) is 0 Å². The van der Waals surface area contributed by atoms with Gasteiger partial charge in [-0.3, -0.25) is 4.79 Å². The third-order valence-electron chi connectivity index (χ3n) is 4.87. The van der Waals surface area contributed by atoms with E-state index in [4.69, 9.17) is 4.74 Å². The molecule has 2 aromatic rings. The van der Waals surface area contributed by atoms with Gasteiger partial charge in [-0.1, -0.05) is 37.6 Å². The summed E-state index contributed by atoms with van der Waals surface area (Å²) in [4.78, 5) is 21.6. The molecule has 0 aliphatic heterocycles. The van der Waals surface area contributed by atoms with E-state index in [0.29, 0.717) is 0 Å². The molecule has 1 fully saturated rings. The lowest BCUT2D eigenvalue weighted by molar-refractivity contribution is -0.147. The summed E-state index contributed by atoms with van der Waals surface area (Å²) in [6.07, 6.45) is 2.17. The molecule has 1 saturated carbocycles. The Hall–Kier alpha value is -2.23. The van der Waals surface area contributed by atoms with Crippen LogP contribution < -0.4 is 0 Å². The first-order chi connectivity index (χ1) is 11.3. The van der Waals surface area contributed by atoms with Crippen LogP contribution in [0.5, 0.6) is 0 Å². The number of hydrogen-bond acceptors (Lipinski definition) is 4. The van der Waals surface area contributed by atoms with Crippen molar-refractivity contribution < 1.29 is 9.53 Å². The quantitative estimate of drug-likeness (QED) is 0.624. The maximum absolute atomic E-state index is 12.5. The second-order valence-electron chi connectivity index (χ2n) is 7.42. The number of aryl methyl sites for hydroxylation is 1. The van der Waals surface area contributed by atoms with Gasteiger partial charge in [0.1, 0.15) is 6.61 Å². The highest BCUT2D eigenvalue weighted by Gasteiger charge is 2.61. The zero-order valence-corrected chi connectivity index (χ0v) is 15.0. The molecule has 0 spiro atoms. The molecule has 1 aromatic carbocycles. The molecule has 1 aliphatic carbocycles. The summed E-state index contributed by atoms with van der Waals surface area (Å²) in [5.41, 5.74) is 4.41. The maximum atomic E-state index is 12.5. The van der Waals surface area contributed by atoms with E-state index in [1.54, 1.807) is 0 Å². The third kappa shape index (κ3) is 3.05. The summed E-state index contributed by atoms with van der Waals surface area (Å²) >= 11 is 0. The van der Waals surface area contributed by atoms with Crippen molar-refractivity contribution in [2.45, 2.75) is 41.2 Å². The molecule has 0 saturated heterocycles. The molecule has 0 unspecified atom stereocenters. The van der Waals surface area contributed by atoms with Gasteiger partial charge < -0.3 is 4.74 Å². The molecular weight excluding hydrogens is 300 g/mol. The van der Waals surface area contributed by atoms with Gasteiger partial charge in [0.05, 0.1) is 28.3 Å². The fourth-order valence-corrected chi connectivity index (χ4v) is 3.29. The van der Waals surface area contributed by atoms with Crippen molar-refractivity contribution in [3.63, 3.8) is 0 Å².